The average Bonchev–Trinajstić information content (AvgIpc) is 2.44. The molecule has 1 aromatic rings. The highest BCUT2D eigenvalue weighted by atomic mass is 19.1. The lowest BCUT2D eigenvalue weighted by Gasteiger charge is -2.26. The number of hydrogen-bond donors (Lipinski definition) is 2. The molecule has 1 fully saturated rings. The summed E-state index contributed by atoms with van der Waals surface area (Å²) in [5, 5.41) is 2.72. The lowest BCUT2D eigenvalue weighted by Crippen LogP contribution is -2.38. The van der Waals surface area contributed by atoms with Gasteiger partial charge in [0, 0.05) is 25.3 Å². The normalized spacial score (nSPS) is 16.1. The molecule has 20 heavy (non-hydrogen) atoms. The zero-order valence-corrected chi connectivity index (χ0v) is 11.4. The van der Waals surface area contributed by atoms with Gasteiger partial charge in [0.2, 0.25) is 0 Å². The highest BCUT2D eigenvalue weighted by molar-refractivity contribution is 5.94. The van der Waals surface area contributed by atoms with Crippen molar-refractivity contribution in [3.8, 4) is 0 Å². The van der Waals surface area contributed by atoms with Crippen LogP contribution in [0.15, 0.2) is 18.2 Å². The van der Waals surface area contributed by atoms with E-state index in [9.17, 15) is 9.18 Å². The fourth-order valence-corrected chi connectivity index (χ4v) is 2.14. The standard InChI is InChI=1S/C14H20FN3O2/c15-13-10-11(16)2-3-12(13)14(19)17-4-1-5-18-6-8-20-9-7-18/h2-3,10H,1,4-9,16H2,(H,17,19). The van der Waals surface area contributed by atoms with Gasteiger partial charge in [-0.2, -0.15) is 0 Å². The smallest absolute Gasteiger partial charge is 0.254 e. The second kappa shape index (κ2) is 7.21. The summed E-state index contributed by atoms with van der Waals surface area (Å²) in [6.45, 7) is 4.83. The Morgan fingerprint density at radius 3 is 2.85 bits per heavy atom. The molecule has 1 heterocycles. The number of carbonyl (C=O) groups is 1. The lowest BCUT2D eigenvalue weighted by atomic mass is 10.2. The molecule has 0 aliphatic carbocycles. The highest BCUT2D eigenvalue weighted by Gasteiger charge is 2.12. The van der Waals surface area contributed by atoms with E-state index >= 15 is 0 Å². The van der Waals surface area contributed by atoms with Gasteiger partial charge in [-0.25, -0.2) is 4.39 Å². The molecule has 2 rings (SSSR count). The average molecular weight is 281 g/mol. The van der Waals surface area contributed by atoms with E-state index < -0.39 is 11.7 Å². The molecular formula is C14H20FN3O2. The molecule has 1 amide bonds. The second-order valence-electron chi connectivity index (χ2n) is 4.80. The zero-order valence-electron chi connectivity index (χ0n) is 11.4. The van der Waals surface area contributed by atoms with E-state index in [-0.39, 0.29) is 5.56 Å². The fraction of sp³-hybridized carbons (Fsp3) is 0.500. The fourth-order valence-electron chi connectivity index (χ4n) is 2.14. The van der Waals surface area contributed by atoms with Crippen molar-refractivity contribution < 1.29 is 13.9 Å². The number of carbonyl (C=O) groups excluding carboxylic acids is 1. The number of ether oxygens (including phenoxy) is 1. The van der Waals surface area contributed by atoms with Crippen LogP contribution in [0.4, 0.5) is 10.1 Å². The number of rotatable bonds is 5. The number of nitrogens with one attached hydrogen (secondary N) is 1. The minimum Gasteiger partial charge on any atom is -0.399 e. The topological polar surface area (TPSA) is 67.6 Å². The SMILES string of the molecule is Nc1ccc(C(=O)NCCCN2CCOCC2)c(F)c1. The summed E-state index contributed by atoms with van der Waals surface area (Å²) in [5.74, 6) is -0.986. The van der Waals surface area contributed by atoms with E-state index in [1.165, 1.54) is 12.1 Å². The van der Waals surface area contributed by atoms with Crippen molar-refractivity contribution in [2.45, 2.75) is 6.42 Å². The lowest BCUT2D eigenvalue weighted by molar-refractivity contribution is 0.0374. The van der Waals surface area contributed by atoms with Gasteiger partial charge in [0.1, 0.15) is 5.82 Å². The quantitative estimate of drug-likeness (QED) is 0.620. The summed E-state index contributed by atoms with van der Waals surface area (Å²) in [6, 6.07) is 4.08. The number of anilines is 1. The molecule has 1 aliphatic rings. The van der Waals surface area contributed by atoms with Crippen LogP contribution >= 0.6 is 0 Å². The van der Waals surface area contributed by atoms with E-state index in [1.807, 2.05) is 0 Å². The van der Waals surface area contributed by atoms with E-state index in [2.05, 4.69) is 10.2 Å². The van der Waals surface area contributed by atoms with Gasteiger partial charge in [0.15, 0.2) is 0 Å². The number of halogens is 1. The van der Waals surface area contributed by atoms with Crippen LogP contribution in [-0.4, -0.2) is 50.2 Å². The third-order valence-corrected chi connectivity index (χ3v) is 3.28. The van der Waals surface area contributed by atoms with Gasteiger partial charge in [0.05, 0.1) is 18.8 Å². The zero-order chi connectivity index (χ0) is 14.4. The molecule has 0 saturated carbocycles. The summed E-state index contributed by atoms with van der Waals surface area (Å²) >= 11 is 0. The van der Waals surface area contributed by atoms with Gasteiger partial charge >= 0.3 is 0 Å². The maximum atomic E-state index is 13.5. The van der Waals surface area contributed by atoms with E-state index in [0.29, 0.717) is 12.2 Å². The van der Waals surface area contributed by atoms with E-state index in [1.54, 1.807) is 0 Å². The first-order chi connectivity index (χ1) is 9.66. The molecule has 1 saturated heterocycles. The van der Waals surface area contributed by atoms with Crippen LogP contribution in [-0.2, 0) is 4.74 Å². The number of nitrogens with zero attached hydrogens (tertiary/aromatic N) is 1. The summed E-state index contributed by atoms with van der Waals surface area (Å²) < 4.78 is 18.8. The maximum absolute atomic E-state index is 13.5. The molecule has 0 atom stereocenters. The van der Waals surface area contributed by atoms with Crippen molar-refractivity contribution in [2.75, 3.05) is 45.1 Å². The van der Waals surface area contributed by atoms with Crippen molar-refractivity contribution in [2.24, 2.45) is 0 Å². The number of nitrogens with two attached hydrogens (primary N) is 1. The Labute approximate surface area is 117 Å². The Bertz CT molecular complexity index is 462. The predicted octanol–water partition coefficient (Wildman–Crippen LogP) is 0.860. The van der Waals surface area contributed by atoms with Crippen LogP contribution in [0.2, 0.25) is 0 Å². The number of amides is 1. The van der Waals surface area contributed by atoms with Crippen molar-refractivity contribution in [3.63, 3.8) is 0 Å². The van der Waals surface area contributed by atoms with Crippen LogP contribution in [0, 0.1) is 5.82 Å². The van der Waals surface area contributed by atoms with Crippen molar-refractivity contribution in [3.05, 3.63) is 29.6 Å². The van der Waals surface area contributed by atoms with Crippen LogP contribution < -0.4 is 11.1 Å². The molecule has 110 valence electrons. The van der Waals surface area contributed by atoms with Gasteiger partial charge in [-0.05, 0) is 31.2 Å². The largest absolute Gasteiger partial charge is 0.399 e. The first-order valence-electron chi connectivity index (χ1n) is 6.80. The summed E-state index contributed by atoms with van der Waals surface area (Å²) in [4.78, 5) is 14.1. The number of benzene rings is 1. The molecule has 1 aliphatic heterocycles. The van der Waals surface area contributed by atoms with Gasteiger partial charge in [-0.1, -0.05) is 0 Å². The van der Waals surface area contributed by atoms with Crippen LogP contribution in [0.25, 0.3) is 0 Å². The third kappa shape index (κ3) is 4.18. The third-order valence-electron chi connectivity index (χ3n) is 3.28. The monoisotopic (exact) mass is 281 g/mol. The summed E-state index contributed by atoms with van der Waals surface area (Å²) in [6.07, 6.45) is 0.836. The van der Waals surface area contributed by atoms with Gasteiger partial charge in [0.25, 0.3) is 5.91 Å². The molecule has 6 heteroatoms. The van der Waals surface area contributed by atoms with Crippen molar-refractivity contribution in [1.82, 2.24) is 10.2 Å². The Kier molecular flexibility index (Phi) is 5.31. The van der Waals surface area contributed by atoms with Crippen molar-refractivity contribution >= 4 is 11.6 Å². The maximum Gasteiger partial charge on any atom is 0.254 e. The number of hydrogen-bond acceptors (Lipinski definition) is 4. The molecule has 0 bridgehead atoms. The van der Waals surface area contributed by atoms with Gasteiger partial charge < -0.3 is 15.8 Å². The van der Waals surface area contributed by atoms with Crippen molar-refractivity contribution in [1.29, 1.82) is 0 Å². The molecular weight excluding hydrogens is 261 g/mol. The predicted molar refractivity (Wildman–Crippen MR) is 75.0 cm³/mol. The summed E-state index contributed by atoms with van der Waals surface area (Å²) in [5.41, 5.74) is 5.79. The number of morpholine rings is 1. The van der Waals surface area contributed by atoms with E-state index in [4.69, 9.17) is 10.5 Å². The van der Waals surface area contributed by atoms with Crippen LogP contribution in [0.1, 0.15) is 16.8 Å². The molecule has 0 radical (unpaired) electrons. The molecule has 1 aromatic carbocycles. The molecule has 0 unspecified atom stereocenters. The minimum absolute atomic E-state index is 0.0329. The van der Waals surface area contributed by atoms with Crippen LogP contribution in [0.3, 0.4) is 0 Å². The Morgan fingerprint density at radius 2 is 2.15 bits per heavy atom. The Hall–Kier alpha value is -1.66. The Morgan fingerprint density at radius 1 is 1.40 bits per heavy atom. The minimum atomic E-state index is -0.587. The highest BCUT2D eigenvalue weighted by Crippen LogP contribution is 2.11. The Balaban J connectivity index is 1.72. The van der Waals surface area contributed by atoms with Gasteiger partial charge in [-0.3, -0.25) is 9.69 Å². The first-order valence-corrected chi connectivity index (χ1v) is 6.80. The molecule has 3 N–H and O–H groups in total. The molecule has 0 aromatic heterocycles. The molecule has 0 spiro atoms. The first kappa shape index (κ1) is 14.7. The number of nitrogen functional groups attached to an aromatic ring is 1. The second-order valence-corrected chi connectivity index (χ2v) is 4.80. The van der Waals surface area contributed by atoms with Gasteiger partial charge in [-0.15, -0.1) is 0 Å². The van der Waals surface area contributed by atoms with Crippen LogP contribution in [0.5, 0.6) is 0 Å². The molecule has 5 nitrogen and oxygen atoms in total. The summed E-state index contributed by atoms with van der Waals surface area (Å²) in [7, 11) is 0. The van der Waals surface area contributed by atoms with E-state index in [0.717, 1.165) is 45.3 Å².